The first kappa shape index (κ1) is 20.6. The minimum Gasteiger partial charge on any atom is -0.507 e. The first-order valence-corrected chi connectivity index (χ1v) is 10.8. The molecule has 0 spiro atoms. The lowest BCUT2D eigenvalue weighted by molar-refractivity contribution is 0.0837. The summed E-state index contributed by atoms with van der Waals surface area (Å²) in [6.45, 7) is 1.88. The predicted molar refractivity (Wildman–Crippen MR) is 113 cm³/mol. The van der Waals surface area contributed by atoms with Crippen LogP contribution < -0.4 is 10.1 Å². The number of phenolic OH excluding ortho intramolecular Hbond substituents is 1. The van der Waals surface area contributed by atoms with Gasteiger partial charge in [0.2, 0.25) is 5.88 Å². The fourth-order valence-corrected chi connectivity index (χ4v) is 4.34. The molecule has 0 saturated heterocycles. The molecule has 1 aromatic carbocycles. The summed E-state index contributed by atoms with van der Waals surface area (Å²) in [4.78, 5) is 0. The van der Waals surface area contributed by atoms with Crippen molar-refractivity contribution in [2.45, 2.75) is 50.9 Å². The topological polar surface area (TPSA) is 93.0 Å². The van der Waals surface area contributed by atoms with E-state index >= 15 is 0 Å². The van der Waals surface area contributed by atoms with Gasteiger partial charge in [0.15, 0.2) is 0 Å². The van der Waals surface area contributed by atoms with Gasteiger partial charge in [-0.2, -0.15) is 0 Å². The summed E-state index contributed by atoms with van der Waals surface area (Å²) in [7, 11) is 1.89. The van der Waals surface area contributed by atoms with E-state index in [2.05, 4.69) is 25.7 Å². The van der Waals surface area contributed by atoms with Gasteiger partial charge < -0.3 is 15.2 Å². The summed E-state index contributed by atoms with van der Waals surface area (Å²) in [5, 5.41) is 31.7. The van der Waals surface area contributed by atoms with E-state index in [-0.39, 0.29) is 17.7 Å². The molecule has 0 radical (unpaired) electrons. The number of ether oxygens (including phenoxy) is 1. The number of phenols is 1. The highest BCUT2D eigenvalue weighted by molar-refractivity contribution is 7.14. The normalized spacial score (nSPS) is 21.9. The smallest absolute Gasteiger partial charge is 0.233 e. The number of aromatic nitrogens is 4. The number of hydrogen-bond donors (Lipinski definition) is 2. The quantitative estimate of drug-likeness (QED) is 0.594. The van der Waals surface area contributed by atoms with Crippen LogP contribution in [0.25, 0.3) is 21.8 Å². The Labute approximate surface area is 178 Å². The van der Waals surface area contributed by atoms with E-state index in [1.165, 1.54) is 11.3 Å². The lowest BCUT2D eigenvalue weighted by Crippen LogP contribution is -2.35. The lowest BCUT2D eigenvalue weighted by atomic mass is 10.1. The number of aryl methyl sites for hydroxylation is 1. The molecule has 2 N–H and O–H groups in total. The molecule has 1 saturated carbocycles. The third-order valence-corrected chi connectivity index (χ3v) is 6.21. The van der Waals surface area contributed by atoms with Gasteiger partial charge in [0.05, 0.1) is 5.69 Å². The summed E-state index contributed by atoms with van der Waals surface area (Å²) < 4.78 is 20.3. The molecule has 4 rings (SSSR count). The second kappa shape index (κ2) is 9.01. The predicted octanol–water partition coefficient (Wildman–Crippen LogP) is 3.92. The molecular formula is C21H24FN5O2S. The standard InChI is InChI=1S/C21H24FN5O2S/c1-12-24-27-21(30-12)13-6-7-15(18(28)10-13)17-8-9-20(26-25-17)29-19-11-14(23-2)4-3-5-16(19)22/h6-10,14,16,19,23,28H,3-5,11H2,1-2H3/t14?,16-,19+/m1/s1. The van der Waals surface area contributed by atoms with Crippen molar-refractivity contribution in [3.63, 3.8) is 0 Å². The first-order chi connectivity index (χ1) is 14.5. The van der Waals surface area contributed by atoms with Crippen LogP contribution in [0.1, 0.15) is 30.7 Å². The molecule has 1 aliphatic carbocycles. The third-order valence-electron chi connectivity index (χ3n) is 5.32. The molecule has 1 fully saturated rings. The molecule has 0 bridgehead atoms. The minimum absolute atomic E-state index is 0.0766. The van der Waals surface area contributed by atoms with Gasteiger partial charge in [-0.1, -0.05) is 17.4 Å². The summed E-state index contributed by atoms with van der Waals surface area (Å²) in [5.41, 5.74) is 1.84. The summed E-state index contributed by atoms with van der Waals surface area (Å²) in [5.74, 6) is 0.358. The highest BCUT2D eigenvalue weighted by Crippen LogP contribution is 2.34. The van der Waals surface area contributed by atoms with Crippen LogP contribution in [0.2, 0.25) is 0 Å². The maximum atomic E-state index is 14.4. The van der Waals surface area contributed by atoms with Crippen LogP contribution >= 0.6 is 11.3 Å². The van der Waals surface area contributed by atoms with E-state index in [1.54, 1.807) is 24.3 Å². The van der Waals surface area contributed by atoms with E-state index in [0.717, 1.165) is 28.4 Å². The van der Waals surface area contributed by atoms with E-state index < -0.39 is 12.3 Å². The largest absolute Gasteiger partial charge is 0.507 e. The van der Waals surface area contributed by atoms with Crippen molar-refractivity contribution in [1.29, 1.82) is 0 Å². The zero-order valence-electron chi connectivity index (χ0n) is 16.9. The molecule has 158 valence electrons. The zero-order valence-corrected chi connectivity index (χ0v) is 17.7. The van der Waals surface area contributed by atoms with Gasteiger partial charge in [0.25, 0.3) is 0 Å². The number of nitrogens with one attached hydrogen (secondary N) is 1. The van der Waals surface area contributed by atoms with Crippen LogP contribution in [0.5, 0.6) is 11.6 Å². The van der Waals surface area contributed by atoms with E-state index in [0.29, 0.717) is 24.1 Å². The Morgan fingerprint density at radius 1 is 1.13 bits per heavy atom. The van der Waals surface area contributed by atoms with Gasteiger partial charge in [-0.05, 0) is 51.4 Å². The number of benzene rings is 1. The highest BCUT2D eigenvalue weighted by atomic mass is 32.1. The average molecular weight is 430 g/mol. The Bertz CT molecular complexity index is 997. The van der Waals surface area contributed by atoms with Gasteiger partial charge in [-0.25, -0.2) is 4.39 Å². The van der Waals surface area contributed by atoms with E-state index in [4.69, 9.17) is 4.74 Å². The van der Waals surface area contributed by atoms with Crippen molar-refractivity contribution in [2.75, 3.05) is 7.05 Å². The maximum absolute atomic E-state index is 14.4. The number of alkyl halides is 1. The molecule has 9 heteroatoms. The SMILES string of the molecule is CNC1CCC[C@@H](F)[C@@H](Oc2ccc(-c3ccc(-c4nnc(C)s4)cc3O)nn2)C1. The van der Waals surface area contributed by atoms with Crippen molar-refractivity contribution in [1.82, 2.24) is 25.7 Å². The van der Waals surface area contributed by atoms with Gasteiger partial charge in [-0.3, -0.25) is 0 Å². The number of hydrogen-bond acceptors (Lipinski definition) is 8. The van der Waals surface area contributed by atoms with Crippen LogP contribution in [-0.4, -0.2) is 50.9 Å². The number of nitrogens with zero attached hydrogens (tertiary/aromatic N) is 4. The number of rotatable bonds is 5. The average Bonchev–Trinajstić information content (AvgIpc) is 3.10. The van der Waals surface area contributed by atoms with Crippen molar-refractivity contribution in [3.05, 3.63) is 35.3 Å². The molecule has 0 aliphatic heterocycles. The number of aromatic hydroxyl groups is 1. The van der Waals surface area contributed by atoms with Crippen LogP contribution in [0.4, 0.5) is 4.39 Å². The molecule has 3 aromatic rings. The van der Waals surface area contributed by atoms with Crippen LogP contribution in [0, 0.1) is 6.92 Å². The van der Waals surface area contributed by atoms with Gasteiger partial charge in [0.1, 0.15) is 28.0 Å². The molecular weight excluding hydrogens is 405 g/mol. The highest BCUT2D eigenvalue weighted by Gasteiger charge is 2.29. The number of halogens is 1. The minimum atomic E-state index is -1.02. The molecule has 2 heterocycles. The molecule has 1 aliphatic rings. The van der Waals surface area contributed by atoms with Crippen molar-refractivity contribution in [3.8, 4) is 33.5 Å². The van der Waals surface area contributed by atoms with Crippen molar-refractivity contribution < 1.29 is 14.2 Å². The van der Waals surface area contributed by atoms with E-state index in [1.807, 2.05) is 20.0 Å². The second-order valence-electron chi connectivity index (χ2n) is 7.44. The summed E-state index contributed by atoms with van der Waals surface area (Å²) >= 11 is 1.46. The Balaban J connectivity index is 1.49. The van der Waals surface area contributed by atoms with Crippen LogP contribution in [0.15, 0.2) is 30.3 Å². The van der Waals surface area contributed by atoms with Gasteiger partial charge in [-0.15, -0.1) is 20.4 Å². The second-order valence-corrected chi connectivity index (χ2v) is 8.62. The fraction of sp³-hybridized carbons (Fsp3) is 0.429. The molecule has 7 nitrogen and oxygen atoms in total. The third kappa shape index (κ3) is 4.57. The Kier molecular flexibility index (Phi) is 6.19. The fourth-order valence-electron chi connectivity index (χ4n) is 3.65. The van der Waals surface area contributed by atoms with Crippen LogP contribution in [0.3, 0.4) is 0 Å². The molecule has 0 amide bonds. The molecule has 30 heavy (non-hydrogen) atoms. The van der Waals surface area contributed by atoms with Crippen molar-refractivity contribution in [2.24, 2.45) is 0 Å². The summed E-state index contributed by atoms with van der Waals surface area (Å²) in [6, 6.07) is 8.88. The Morgan fingerprint density at radius 2 is 2.00 bits per heavy atom. The summed E-state index contributed by atoms with van der Waals surface area (Å²) in [6.07, 6.45) is 1.28. The molecule has 1 unspecified atom stereocenters. The van der Waals surface area contributed by atoms with Gasteiger partial charge >= 0.3 is 0 Å². The zero-order chi connectivity index (χ0) is 21.1. The van der Waals surface area contributed by atoms with Crippen molar-refractivity contribution >= 4 is 11.3 Å². The molecule has 3 atom stereocenters. The maximum Gasteiger partial charge on any atom is 0.233 e. The Hall–Kier alpha value is -2.65. The lowest BCUT2D eigenvalue weighted by Gasteiger charge is -2.22. The van der Waals surface area contributed by atoms with Gasteiger partial charge in [0, 0.05) is 29.7 Å². The molecule has 2 aromatic heterocycles. The monoisotopic (exact) mass is 429 g/mol. The Morgan fingerprint density at radius 3 is 2.67 bits per heavy atom. The van der Waals surface area contributed by atoms with E-state index in [9.17, 15) is 9.50 Å². The first-order valence-electron chi connectivity index (χ1n) is 9.99. The van der Waals surface area contributed by atoms with Crippen LogP contribution in [-0.2, 0) is 0 Å².